The Labute approximate surface area is 129 Å². The first-order valence-electron chi connectivity index (χ1n) is 7.37. The molecule has 0 radical (unpaired) electrons. The number of thiol groups is 1. The van der Waals surface area contributed by atoms with E-state index in [9.17, 15) is 14.7 Å². The predicted octanol–water partition coefficient (Wildman–Crippen LogP) is 2.30. The molecular weight excluding hydrogens is 286 g/mol. The highest BCUT2D eigenvalue weighted by Crippen LogP contribution is 2.40. The van der Waals surface area contributed by atoms with E-state index in [-0.39, 0.29) is 17.9 Å². The van der Waals surface area contributed by atoms with Crippen molar-refractivity contribution in [3.63, 3.8) is 0 Å². The third-order valence-corrected chi connectivity index (χ3v) is 5.06. The van der Waals surface area contributed by atoms with Gasteiger partial charge in [-0.25, -0.2) is 4.79 Å². The Morgan fingerprint density at radius 2 is 2.10 bits per heavy atom. The zero-order chi connectivity index (χ0) is 15.0. The van der Waals surface area contributed by atoms with Gasteiger partial charge in [0.15, 0.2) is 0 Å². The highest BCUT2D eigenvalue weighted by Gasteiger charge is 2.43. The van der Waals surface area contributed by atoms with Crippen molar-refractivity contribution in [2.75, 3.05) is 5.75 Å². The van der Waals surface area contributed by atoms with Gasteiger partial charge in [-0.15, -0.1) is 0 Å². The van der Waals surface area contributed by atoms with E-state index in [0.717, 1.165) is 24.0 Å². The zero-order valence-corrected chi connectivity index (χ0v) is 12.6. The molecule has 5 heteroatoms. The normalized spacial score (nSPS) is 28.5. The molecule has 112 valence electrons. The van der Waals surface area contributed by atoms with Crippen LogP contribution in [-0.4, -0.2) is 33.7 Å². The fraction of sp³-hybridized carbons (Fsp3) is 0.500. The van der Waals surface area contributed by atoms with E-state index in [2.05, 4.69) is 12.6 Å². The first-order chi connectivity index (χ1) is 10.1. The molecule has 2 aliphatic rings. The lowest BCUT2D eigenvalue weighted by Crippen LogP contribution is -2.51. The first kappa shape index (κ1) is 14.4. The highest BCUT2D eigenvalue weighted by atomic mass is 32.1. The maximum atomic E-state index is 12.8. The molecule has 2 heterocycles. The van der Waals surface area contributed by atoms with Gasteiger partial charge in [0.25, 0.3) is 0 Å². The fourth-order valence-corrected chi connectivity index (χ4v) is 3.89. The number of benzene rings is 1. The van der Waals surface area contributed by atoms with Crippen molar-refractivity contribution in [3.05, 3.63) is 35.4 Å². The van der Waals surface area contributed by atoms with E-state index < -0.39 is 12.0 Å². The summed E-state index contributed by atoms with van der Waals surface area (Å²) in [5, 5.41) is 9.48. The van der Waals surface area contributed by atoms with Crippen LogP contribution in [0.15, 0.2) is 24.3 Å². The second kappa shape index (κ2) is 5.72. The highest BCUT2D eigenvalue weighted by molar-refractivity contribution is 7.80. The largest absolute Gasteiger partial charge is 0.480 e. The summed E-state index contributed by atoms with van der Waals surface area (Å²) in [6.07, 6.45) is 2.87. The number of hydrogen-bond acceptors (Lipinski definition) is 3. The molecule has 0 bridgehead atoms. The van der Waals surface area contributed by atoms with Gasteiger partial charge in [-0.3, -0.25) is 4.79 Å². The average Bonchev–Trinajstić information content (AvgIpc) is 2.62. The van der Waals surface area contributed by atoms with Crippen molar-refractivity contribution in [1.29, 1.82) is 0 Å². The Bertz CT molecular complexity index is 574. The van der Waals surface area contributed by atoms with Crippen molar-refractivity contribution in [2.45, 2.75) is 37.8 Å². The number of fused-ring (bicyclic) bond motifs is 3. The second-order valence-electron chi connectivity index (χ2n) is 5.83. The minimum Gasteiger partial charge on any atom is -0.480 e. The van der Waals surface area contributed by atoms with E-state index in [1.54, 1.807) is 4.90 Å². The molecule has 1 amide bonds. The number of carboxylic acid groups (broad SMARTS) is 1. The zero-order valence-electron chi connectivity index (χ0n) is 11.7. The molecule has 1 aromatic rings. The van der Waals surface area contributed by atoms with Gasteiger partial charge in [-0.05, 0) is 36.8 Å². The number of piperidine rings is 1. The lowest BCUT2D eigenvalue weighted by Gasteiger charge is -2.40. The van der Waals surface area contributed by atoms with Gasteiger partial charge in [0.1, 0.15) is 6.04 Å². The number of carboxylic acids is 1. The number of carbonyl (C=O) groups excluding carboxylic acids is 1. The monoisotopic (exact) mass is 305 g/mol. The van der Waals surface area contributed by atoms with Crippen molar-refractivity contribution >= 4 is 24.5 Å². The lowest BCUT2D eigenvalue weighted by molar-refractivity contribution is -0.156. The standard InChI is InChI=1S/C16H19NO3S/c18-15-11(9-21)8-10-4-1-2-5-12(10)13-6-3-7-14(16(19)20)17(13)15/h1-2,4-5,11,13-14,21H,3,6-9H2,(H,19,20)/t11-,13?,14+/m0/s1. The maximum Gasteiger partial charge on any atom is 0.326 e. The second-order valence-corrected chi connectivity index (χ2v) is 6.19. The summed E-state index contributed by atoms with van der Waals surface area (Å²) in [5.74, 6) is -0.744. The van der Waals surface area contributed by atoms with Crippen molar-refractivity contribution in [3.8, 4) is 0 Å². The van der Waals surface area contributed by atoms with Crippen molar-refractivity contribution in [1.82, 2.24) is 4.90 Å². The Hall–Kier alpha value is -1.49. The minimum atomic E-state index is -0.898. The van der Waals surface area contributed by atoms with Crippen LogP contribution >= 0.6 is 12.6 Å². The predicted molar refractivity (Wildman–Crippen MR) is 82.4 cm³/mol. The molecule has 1 unspecified atom stereocenters. The number of aliphatic carboxylic acids is 1. The summed E-state index contributed by atoms with van der Waals surface area (Å²) in [4.78, 5) is 26.0. The van der Waals surface area contributed by atoms with Crippen molar-refractivity contribution in [2.24, 2.45) is 5.92 Å². The third kappa shape index (κ3) is 2.44. The van der Waals surface area contributed by atoms with Gasteiger partial charge < -0.3 is 10.0 Å². The van der Waals surface area contributed by atoms with Crippen LogP contribution in [-0.2, 0) is 16.0 Å². The Kier molecular flexibility index (Phi) is 3.93. The van der Waals surface area contributed by atoms with Crippen molar-refractivity contribution < 1.29 is 14.7 Å². The molecule has 3 atom stereocenters. The number of rotatable bonds is 2. The summed E-state index contributed by atoms with van der Waals surface area (Å²) < 4.78 is 0. The summed E-state index contributed by atoms with van der Waals surface area (Å²) in [6.45, 7) is 0. The van der Waals surface area contributed by atoms with Gasteiger partial charge in [0, 0.05) is 5.75 Å². The topological polar surface area (TPSA) is 57.6 Å². The number of nitrogens with zero attached hydrogens (tertiary/aromatic N) is 1. The van der Waals surface area contributed by atoms with E-state index in [1.165, 1.54) is 0 Å². The van der Waals surface area contributed by atoms with Gasteiger partial charge in [-0.2, -0.15) is 12.6 Å². The van der Waals surface area contributed by atoms with Gasteiger partial charge in [-0.1, -0.05) is 24.3 Å². The molecule has 2 aliphatic heterocycles. The molecule has 1 fully saturated rings. The SMILES string of the molecule is O=C(O)[C@H]1CCCC2c3ccccc3C[C@@H](CS)C(=O)N21. The number of carbonyl (C=O) groups is 2. The van der Waals surface area contributed by atoms with Gasteiger partial charge in [0.2, 0.25) is 5.91 Å². The molecule has 0 aromatic heterocycles. The smallest absolute Gasteiger partial charge is 0.326 e. The average molecular weight is 305 g/mol. The summed E-state index contributed by atoms with van der Waals surface area (Å²) in [7, 11) is 0. The van der Waals surface area contributed by atoms with Crippen LogP contribution in [0.2, 0.25) is 0 Å². The maximum absolute atomic E-state index is 12.8. The van der Waals surface area contributed by atoms with Gasteiger partial charge in [0.05, 0.1) is 12.0 Å². The molecule has 0 aliphatic carbocycles. The van der Waals surface area contributed by atoms with Crippen LogP contribution in [0.3, 0.4) is 0 Å². The molecule has 1 N–H and O–H groups in total. The molecule has 4 nitrogen and oxygen atoms in total. The van der Waals surface area contributed by atoms with Crippen LogP contribution in [0.25, 0.3) is 0 Å². The molecule has 0 saturated carbocycles. The van der Waals surface area contributed by atoms with E-state index in [1.807, 2.05) is 24.3 Å². The number of amides is 1. The quantitative estimate of drug-likeness (QED) is 0.824. The Balaban J connectivity index is 2.10. The Morgan fingerprint density at radius 1 is 1.33 bits per heavy atom. The molecule has 1 saturated heterocycles. The van der Waals surface area contributed by atoms with E-state index in [4.69, 9.17) is 0 Å². The summed E-state index contributed by atoms with van der Waals surface area (Å²) in [5.41, 5.74) is 2.27. The van der Waals surface area contributed by atoms with Crippen LogP contribution in [0, 0.1) is 5.92 Å². The third-order valence-electron chi connectivity index (χ3n) is 4.62. The summed E-state index contributed by atoms with van der Waals surface area (Å²) >= 11 is 4.31. The Morgan fingerprint density at radius 3 is 2.81 bits per heavy atom. The lowest BCUT2D eigenvalue weighted by atomic mass is 9.89. The van der Waals surface area contributed by atoms with Gasteiger partial charge >= 0.3 is 5.97 Å². The molecular formula is C16H19NO3S. The first-order valence-corrected chi connectivity index (χ1v) is 8.00. The molecule has 21 heavy (non-hydrogen) atoms. The number of hydrogen-bond donors (Lipinski definition) is 2. The van der Waals surface area contributed by atoms with Crippen LogP contribution in [0.5, 0.6) is 0 Å². The molecule has 3 rings (SSSR count). The molecule has 0 spiro atoms. The summed E-state index contributed by atoms with van der Waals surface area (Å²) in [6, 6.07) is 7.22. The fourth-order valence-electron chi connectivity index (χ4n) is 3.61. The molecule has 1 aromatic carbocycles. The van der Waals surface area contributed by atoms with E-state index in [0.29, 0.717) is 18.6 Å². The van der Waals surface area contributed by atoms with Crippen LogP contribution in [0.1, 0.15) is 36.4 Å². The minimum absolute atomic E-state index is 0.0571. The van der Waals surface area contributed by atoms with Crippen LogP contribution < -0.4 is 0 Å². The van der Waals surface area contributed by atoms with E-state index >= 15 is 0 Å². The van der Waals surface area contributed by atoms with Crippen LogP contribution in [0.4, 0.5) is 0 Å².